The molecule has 1 amide bonds. The summed E-state index contributed by atoms with van der Waals surface area (Å²) in [7, 11) is 1.56. The summed E-state index contributed by atoms with van der Waals surface area (Å²) in [5.41, 5.74) is 2.46. The zero-order chi connectivity index (χ0) is 27.9. The largest absolute Gasteiger partial charge is 0.493 e. The number of carbonyl (C=O) groups excluding carboxylic acids is 1. The van der Waals surface area contributed by atoms with Crippen LogP contribution in [0.2, 0.25) is 10.0 Å². The summed E-state index contributed by atoms with van der Waals surface area (Å²) in [5, 5.41) is 10.1. The third-order valence-electron chi connectivity index (χ3n) is 5.82. The van der Waals surface area contributed by atoms with Crippen molar-refractivity contribution >= 4 is 58.3 Å². The zero-order valence-corrected chi connectivity index (χ0v) is 23.6. The monoisotopic (exact) mass is 591 g/mol. The van der Waals surface area contributed by atoms with Gasteiger partial charge in [0.15, 0.2) is 16.7 Å². The van der Waals surface area contributed by atoms with Gasteiger partial charge in [-0.15, -0.1) is 5.10 Å². The molecule has 1 fully saturated rings. The van der Waals surface area contributed by atoms with E-state index in [1.54, 1.807) is 60.9 Å². The average molecular weight is 593 g/mol. The van der Waals surface area contributed by atoms with Gasteiger partial charge < -0.3 is 13.9 Å². The van der Waals surface area contributed by atoms with Crippen molar-refractivity contribution in [3.05, 3.63) is 123 Å². The molecule has 10 heteroatoms. The molecular weight excluding hydrogens is 569 g/mol. The molecule has 4 aromatic rings. The van der Waals surface area contributed by atoms with Crippen molar-refractivity contribution in [1.29, 1.82) is 0 Å². The van der Waals surface area contributed by atoms with Crippen LogP contribution in [-0.4, -0.2) is 29.3 Å². The quantitative estimate of drug-likeness (QED) is 0.113. The van der Waals surface area contributed by atoms with Gasteiger partial charge in [0.05, 0.1) is 31.0 Å². The maximum Gasteiger partial charge on any atom is 0.267 e. The number of rotatable bonds is 9. The van der Waals surface area contributed by atoms with Gasteiger partial charge in [-0.2, -0.15) is 5.10 Å². The second kappa shape index (κ2) is 12.9. The van der Waals surface area contributed by atoms with E-state index >= 15 is 0 Å². The number of carbonyl (C=O) groups is 1. The first kappa shape index (κ1) is 27.6. The fourth-order valence-corrected chi connectivity index (χ4v) is 5.20. The Morgan fingerprint density at radius 2 is 1.82 bits per heavy atom. The molecule has 0 aliphatic carbocycles. The van der Waals surface area contributed by atoms with Crippen molar-refractivity contribution in [2.75, 3.05) is 7.11 Å². The highest BCUT2D eigenvalue weighted by molar-refractivity contribution is 8.18. The number of benzene rings is 3. The molecule has 0 unspecified atom stereocenters. The van der Waals surface area contributed by atoms with Crippen LogP contribution < -0.4 is 9.47 Å². The third-order valence-corrected chi connectivity index (χ3v) is 7.40. The summed E-state index contributed by atoms with van der Waals surface area (Å²) in [6.45, 7) is 0.478. The number of hydrogen-bond acceptors (Lipinski definition) is 7. The first-order valence-electron chi connectivity index (χ1n) is 12.1. The van der Waals surface area contributed by atoms with Crippen LogP contribution in [0.25, 0.3) is 6.08 Å². The molecule has 1 saturated heterocycles. The van der Waals surface area contributed by atoms with Gasteiger partial charge in [-0.25, -0.2) is 0 Å². The fraction of sp³-hybridized carbons (Fsp3) is 0.100. The van der Waals surface area contributed by atoms with Crippen molar-refractivity contribution < 1.29 is 18.7 Å². The number of furan rings is 1. The molecule has 3 aromatic carbocycles. The minimum atomic E-state index is -0.202. The first-order chi connectivity index (χ1) is 19.5. The van der Waals surface area contributed by atoms with Gasteiger partial charge in [0.2, 0.25) is 0 Å². The number of halogens is 2. The number of hydrogen-bond donors (Lipinski definition) is 0. The van der Waals surface area contributed by atoms with Crippen molar-refractivity contribution in [1.82, 2.24) is 4.90 Å². The molecule has 2 heterocycles. The maximum atomic E-state index is 13.4. The predicted octanol–water partition coefficient (Wildman–Crippen LogP) is 7.68. The van der Waals surface area contributed by atoms with Crippen LogP contribution in [0.4, 0.5) is 0 Å². The van der Waals surface area contributed by atoms with Crippen molar-refractivity contribution in [3.63, 3.8) is 0 Å². The van der Waals surface area contributed by atoms with E-state index in [1.807, 2.05) is 48.5 Å². The highest BCUT2D eigenvalue weighted by Gasteiger charge is 2.34. The highest BCUT2D eigenvalue weighted by atomic mass is 35.5. The highest BCUT2D eigenvalue weighted by Crippen LogP contribution is 2.36. The number of thioether (sulfide) groups is 1. The van der Waals surface area contributed by atoms with Crippen molar-refractivity contribution in [2.24, 2.45) is 10.2 Å². The van der Waals surface area contributed by atoms with Gasteiger partial charge in [-0.3, -0.25) is 9.69 Å². The SMILES string of the molecule is COc1cc(/C=C2\S/C(=N\N=C\c3ccccc3)N(Cc3ccco3)C2=O)ccc1OCc1ccc(Cl)cc1Cl. The molecule has 1 aliphatic heterocycles. The molecule has 40 heavy (non-hydrogen) atoms. The van der Waals surface area contributed by atoms with E-state index in [-0.39, 0.29) is 19.1 Å². The summed E-state index contributed by atoms with van der Waals surface area (Å²) in [6.07, 6.45) is 5.00. The van der Waals surface area contributed by atoms with Crippen molar-refractivity contribution in [3.8, 4) is 11.5 Å². The lowest BCUT2D eigenvalue weighted by Crippen LogP contribution is -2.28. The van der Waals surface area contributed by atoms with E-state index in [9.17, 15) is 4.79 Å². The fourth-order valence-electron chi connectivity index (χ4n) is 3.80. The zero-order valence-electron chi connectivity index (χ0n) is 21.3. The summed E-state index contributed by atoms with van der Waals surface area (Å²) in [5.74, 6) is 1.49. The Kier molecular flexibility index (Phi) is 8.91. The molecule has 1 aliphatic rings. The summed E-state index contributed by atoms with van der Waals surface area (Å²) < 4.78 is 17.0. The number of methoxy groups -OCH3 is 1. The Bertz CT molecular complexity index is 1590. The van der Waals surface area contributed by atoms with Crippen LogP contribution in [0, 0.1) is 0 Å². The number of amidine groups is 1. The van der Waals surface area contributed by atoms with E-state index < -0.39 is 0 Å². The van der Waals surface area contributed by atoms with Gasteiger partial charge >= 0.3 is 0 Å². The van der Waals surface area contributed by atoms with Crippen LogP contribution in [0.5, 0.6) is 11.5 Å². The Labute approximate surface area is 245 Å². The lowest BCUT2D eigenvalue weighted by atomic mass is 10.1. The normalized spacial score (nSPS) is 15.5. The smallest absolute Gasteiger partial charge is 0.267 e. The van der Waals surface area contributed by atoms with Crippen LogP contribution >= 0.6 is 35.0 Å². The van der Waals surface area contributed by atoms with Gasteiger partial charge in [-0.05, 0) is 65.4 Å². The molecule has 0 saturated carbocycles. The molecular formula is C30H23Cl2N3O4S. The van der Waals surface area contributed by atoms with Crippen LogP contribution in [0.3, 0.4) is 0 Å². The standard InChI is InChI=1S/C30H23Cl2N3O4S/c1-37-27-14-21(9-12-26(27)39-19-22-10-11-23(31)16-25(22)32)15-28-29(36)35(18-24-8-5-13-38-24)30(40-28)34-33-17-20-6-3-2-4-7-20/h2-17H,18-19H2,1H3/b28-15-,33-17+,34-30-. The predicted molar refractivity (Wildman–Crippen MR) is 160 cm³/mol. The number of ether oxygens (including phenoxy) is 2. The Balaban J connectivity index is 1.36. The van der Waals surface area contributed by atoms with Crippen molar-refractivity contribution in [2.45, 2.75) is 13.2 Å². The molecule has 0 bridgehead atoms. The number of nitrogens with zero attached hydrogens (tertiary/aromatic N) is 3. The first-order valence-corrected chi connectivity index (χ1v) is 13.7. The lowest BCUT2D eigenvalue weighted by Gasteiger charge is -2.13. The molecule has 0 atom stereocenters. The molecule has 202 valence electrons. The van der Waals surface area contributed by atoms with Crippen LogP contribution in [-0.2, 0) is 17.9 Å². The molecule has 0 radical (unpaired) electrons. The van der Waals surface area contributed by atoms with Gasteiger partial charge in [0.25, 0.3) is 5.91 Å². The molecule has 5 rings (SSSR count). The van der Waals surface area contributed by atoms with E-state index in [1.165, 1.54) is 11.8 Å². The van der Waals surface area contributed by atoms with Gasteiger partial charge in [0.1, 0.15) is 12.4 Å². The van der Waals surface area contributed by atoms with E-state index in [2.05, 4.69) is 10.2 Å². The summed E-state index contributed by atoms with van der Waals surface area (Å²) >= 11 is 13.5. The second-order valence-corrected chi connectivity index (χ2v) is 10.4. The van der Waals surface area contributed by atoms with Crippen LogP contribution in [0.1, 0.15) is 22.5 Å². The van der Waals surface area contributed by atoms with E-state index in [4.69, 9.17) is 37.1 Å². The molecule has 0 spiro atoms. The van der Waals surface area contributed by atoms with Gasteiger partial charge in [0, 0.05) is 15.6 Å². The van der Waals surface area contributed by atoms with E-state index in [0.717, 1.165) is 16.7 Å². The molecule has 7 nitrogen and oxygen atoms in total. The molecule has 0 N–H and O–H groups in total. The van der Waals surface area contributed by atoms with Crippen LogP contribution in [0.15, 0.2) is 105 Å². The van der Waals surface area contributed by atoms with E-state index in [0.29, 0.717) is 37.4 Å². The second-order valence-electron chi connectivity index (χ2n) is 8.55. The topological polar surface area (TPSA) is 76.6 Å². The Hall–Kier alpha value is -3.98. The molecule has 1 aromatic heterocycles. The number of amides is 1. The minimum Gasteiger partial charge on any atom is -0.493 e. The van der Waals surface area contributed by atoms with Gasteiger partial charge in [-0.1, -0.05) is 65.7 Å². The summed E-state index contributed by atoms with van der Waals surface area (Å²) in [6, 6.07) is 23.9. The Morgan fingerprint density at radius 1 is 0.975 bits per heavy atom. The average Bonchev–Trinajstić information content (AvgIpc) is 3.58. The maximum absolute atomic E-state index is 13.4. The summed E-state index contributed by atoms with van der Waals surface area (Å²) in [4.78, 5) is 15.4. The minimum absolute atomic E-state index is 0.202. The lowest BCUT2D eigenvalue weighted by molar-refractivity contribution is -0.122. The Morgan fingerprint density at radius 3 is 2.58 bits per heavy atom. The third kappa shape index (κ3) is 6.77.